The molecule has 29 heavy (non-hydrogen) atoms. The molecule has 1 N–H and O–H groups in total. The number of thiophene rings is 1. The molecule has 0 aliphatic rings. The number of hydrogen-bond acceptors (Lipinski definition) is 5. The van der Waals surface area contributed by atoms with Crippen molar-refractivity contribution < 1.29 is 18.7 Å². The summed E-state index contributed by atoms with van der Waals surface area (Å²) in [6.45, 7) is 2.32. The number of amides is 1. The molecule has 0 atom stereocenters. The third-order valence-electron chi connectivity index (χ3n) is 4.28. The Kier molecular flexibility index (Phi) is 5.38. The van der Waals surface area contributed by atoms with Gasteiger partial charge in [0.05, 0.1) is 22.2 Å². The summed E-state index contributed by atoms with van der Waals surface area (Å²) >= 11 is 7.55. The normalized spacial score (nSPS) is 10.8. The first-order chi connectivity index (χ1) is 14.1. The predicted molar refractivity (Wildman–Crippen MR) is 115 cm³/mol. The summed E-state index contributed by atoms with van der Waals surface area (Å²) in [5, 5.41) is 5.63. The van der Waals surface area contributed by atoms with E-state index in [4.69, 9.17) is 20.8 Å². The molecule has 7 heteroatoms. The molecule has 0 unspecified atom stereocenters. The second-order valence-electron chi connectivity index (χ2n) is 6.14. The Bertz CT molecular complexity index is 1200. The fraction of sp³-hybridized carbons (Fsp3) is 0.0909. The first-order valence-corrected chi connectivity index (χ1v) is 10.2. The summed E-state index contributed by atoms with van der Waals surface area (Å²) in [4.78, 5) is 26.3. The van der Waals surface area contributed by atoms with Crippen molar-refractivity contribution in [1.29, 1.82) is 0 Å². The highest BCUT2D eigenvalue weighted by Crippen LogP contribution is 2.34. The number of hydrogen-bond donors (Lipinski definition) is 1. The van der Waals surface area contributed by atoms with Crippen LogP contribution in [0.4, 0.5) is 5.69 Å². The van der Waals surface area contributed by atoms with Gasteiger partial charge in [-0.05, 0) is 48.7 Å². The van der Waals surface area contributed by atoms with Crippen LogP contribution in [0.3, 0.4) is 0 Å². The summed E-state index contributed by atoms with van der Waals surface area (Å²) < 4.78 is 11.2. The van der Waals surface area contributed by atoms with Crippen LogP contribution in [-0.4, -0.2) is 18.3 Å². The average molecular weight is 426 g/mol. The summed E-state index contributed by atoms with van der Waals surface area (Å²) in [7, 11) is 0. The molecule has 4 rings (SSSR count). The number of furan rings is 1. The van der Waals surface area contributed by atoms with Gasteiger partial charge in [-0.25, -0.2) is 0 Å². The number of nitrogens with one attached hydrogen (secondary N) is 1. The summed E-state index contributed by atoms with van der Waals surface area (Å²) in [5.74, 6) is -0.129. The topological polar surface area (TPSA) is 68.5 Å². The first-order valence-electron chi connectivity index (χ1n) is 8.92. The highest BCUT2D eigenvalue weighted by Gasteiger charge is 2.24. The van der Waals surface area contributed by atoms with Gasteiger partial charge in [-0.3, -0.25) is 9.59 Å². The van der Waals surface area contributed by atoms with E-state index in [-0.39, 0.29) is 17.5 Å². The Morgan fingerprint density at radius 1 is 1.14 bits per heavy atom. The Labute approximate surface area is 175 Å². The van der Waals surface area contributed by atoms with E-state index >= 15 is 0 Å². The standard InChI is InChI=1S/C22H16ClNO4S/c1-2-27-17-10-9-13(12-15(17)23)20(25)21-19(14-6-3-4-7-16(14)28-21)24-22(26)18-8-5-11-29-18/h3-12H,2H2,1H3,(H,24,26). The lowest BCUT2D eigenvalue weighted by molar-refractivity contribution is 0.101. The number of carbonyl (C=O) groups is 2. The molecule has 2 aromatic carbocycles. The summed E-state index contributed by atoms with van der Waals surface area (Å²) in [6, 6.07) is 15.5. The lowest BCUT2D eigenvalue weighted by Gasteiger charge is -2.08. The molecule has 0 aliphatic carbocycles. The van der Waals surface area contributed by atoms with E-state index in [2.05, 4.69) is 5.32 Å². The number of halogens is 1. The monoisotopic (exact) mass is 425 g/mol. The predicted octanol–water partition coefficient (Wildman–Crippen LogP) is 6.03. The van der Waals surface area contributed by atoms with Crippen LogP contribution in [0, 0.1) is 0 Å². The summed E-state index contributed by atoms with van der Waals surface area (Å²) in [5.41, 5.74) is 1.19. The largest absolute Gasteiger partial charge is 0.492 e. The third-order valence-corrected chi connectivity index (χ3v) is 5.44. The van der Waals surface area contributed by atoms with Crippen molar-refractivity contribution in [3.63, 3.8) is 0 Å². The van der Waals surface area contributed by atoms with E-state index in [1.54, 1.807) is 42.5 Å². The SMILES string of the molecule is CCOc1ccc(C(=O)c2oc3ccccc3c2NC(=O)c2cccs2)cc1Cl. The molecule has 0 bridgehead atoms. The van der Waals surface area contributed by atoms with Gasteiger partial charge < -0.3 is 14.5 Å². The molecule has 0 radical (unpaired) electrons. The molecule has 0 aliphatic heterocycles. The minimum Gasteiger partial charge on any atom is -0.492 e. The molecule has 1 amide bonds. The molecule has 0 saturated heterocycles. The van der Waals surface area contributed by atoms with Crippen LogP contribution in [0.2, 0.25) is 5.02 Å². The van der Waals surface area contributed by atoms with Gasteiger partial charge >= 0.3 is 0 Å². The number of fused-ring (bicyclic) bond motifs is 1. The molecule has 4 aromatic rings. The van der Waals surface area contributed by atoms with Gasteiger partial charge in [0.1, 0.15) is 11.3 Å². The van der Waals surface area contributed by atoms with Gasteiger partial charge in [0, 0.05) is 10.9 Å². The molecule has 0 spiro atoms. The van der Waals surface area contributed by atoms with E-state index in [1.165, 1.54) is 17.4 Å². The zero-order valence-electron chi connectivity index (χ0n) is 15.4. The number of ketones is 1. The van der Waals surface area contributed by atoms with Gasteiger partial charge in [0.15, 0.2) is 5.76 Å². The number of anilines is 1. The first kappa shape index (κ1) is 19.2. The average Bonchev–Trinajstić information content (AvgIpc) is 3.38. The fourth-order valence-corrected chi connectivity index (χ4v) is 3.81. The molecule has 146 valence electrons. The van der Waals surface area contributed by atoms with Crippen LogP contribution in [0.25, 0.3) is 11.0 Å². The van der Waals surface area contributed by atoms with Crippen molar-refractivity contribution in [1.82, 2.24) is 0 Å². The van der Waals surface area contributed by atoms with Gasteiger partial charge in [0.2, 0.25) is 5.78 Å². The van der Waals surface area contributed by atoms with Gasteiger partial charge in [-0.2, -0.15) is 0 Å². The maximum Gasteiger partial charge on any atom is 0.265 e. The van der Waals surface area contributed by atoms with Crippen LogP contribution >= 0.6 is 22.9 Å². The zero-order chi connectivity index (χ0) is 20.4. The molecule has 0 fully saturated rings. The third kappa shape index (κ3) is 3.77. The number of benzene rings is 2. The Balaban J connectivity index is 1.76. The molecule has 0 saturated carbocycles. The number of para-hydroxylation sites is 1. The Hall–Kier alpha value is -3.09. The van der Waals surface area contributed by atoms with Crippen molar-refractivity contribution in [2.45, 2.75) is 6.92 Å². The van der Waals surface area contributed by atoms with E-state index in [9.17, 15) is 9.59 Å². The highest BCUT2D eigenvalue weighted by atomic mass is 35.5. The van der Waals surface area contributed by atoms with Crippen molar-refractivity contribution in [2.24, 2.45) is 0 Å². The number of carbonyl (C=O) groups excluding carboxylic acids is 2. The Morgan fingerprint density at radius 2 is 1.97 bits per heavy atom. The second kappa shape index (κ2) is 8.11. The zero-order valence-corrected chi connectivity index (χ0v) is 17.0. The smallest absolute Gasteiger partial charge is 0.265 e. The van der Waals surface area contributed by atoms with Crippen LogP contribution in [0.15, 0.2) is 64.4 Å². The van der Waals surface area contributed by atoms with Crippen LogP contribution in [0.1, 0.15) is 32.7 Å². The van der Waals surface area contributed by atoms with Crippen molar-refractivity contribution >= 4 is 51.3 Å². The minimum atomic E-state index is -0.382. The van der Waals surface area contributed by atoms with Gasteiger partial charge in [0.25, 0.3) is 5.91 Å². The number of ether oxygens (including phenoxy) is 1. The lowest BCUT2D eigenvalue weighted by atomic mass is 10.1. The van der Waals surface area contributed by atoms with Gasteiger partial charge in [-0.1, -0.05) is 29.8 Å². The van der Waals surface area contributed by atoms with Gasteiger partial charge in [-0.15, -0.1) is 11.3 Å². The maximum absolute atomic E-state index is 13.2. The fourth-order valence-electron chi connectivity index (χ4n) is 2.96. The molecular weight excluding hydrogens is 410 g/mol. The van der Waals surface area contributed by atoms with E-state index in [1.807, 2.05) is 18.4 Å². The van der Waals surface area contributed by atoms with E-state index in [0.717, 1.165) is 0 Å². The van der Waals surface area contributed by atoms with Crippen LogP contribution in [-0.2, 0) is 0 Å². The molecular formula is C22H16ClNO4S. The van der Waals surface area contributed by atoms with Crippen molar-refractivity contribution in [3.8, 4) is 5.75 Å². The highest BCUT2D eigenvalue weighted by molar-refractivity contribution is 7.12. The Morgan fingerprint density at radius 3 is 2.69 bits per heavy atom. The number of rotatable bonds is 6. The summed E-state index contributed by atoms with van der Waals surface area (Å²) in [6.07, 6.45) is 0. The lowest BCUT2D eigenvalue weighted by Crippen LogP contribution is -2.13. The van der Waals surface area contributed by atoms with Crippen molar-refractivity contribution in [2.75, 3.05) is 11.9 Å². The maximum atomic E-state index is 13.2. The molecule has 2 aromatic heterocycles. The van der Waals surface area contributed by atoms with Crippen molar-refractivity contribution in [3.05, 3.63) is 81.2 Å². The van der Waals surface area contributed by atoms with E-state index in [0.29, 0.717) is 44.5 Å². The molecule has 5 nitrogen and oxygen atoms in total. The molecule has 2 heterocycles. The van der Waals surface area contributed by atoms with Crippen LogP contribution in [0.5, 0.6) is 5.75 Å². The minimum absolute atomic E-state index is 0.0522. The quantitative estimate of drug-likeness (QED) is 0.383. The van der Waals surface area contributed by atoms with E-state index < -0.39 is 0 Å². The van der Waals surface area contributed by atoms with Crippen LogP contribution < -0.4 is 10.1 Å². The second-order valence-corrected chi connectivity index (χ2v) is 7.50.